The maximum absolute atomic E-state index is 5.60. The van der Waals surface area contributed by atoms with E-state index < -0.39 is 0 Å². The topological polar surface area (TPSA) is 48.2 Å². The van der Waals surface area contributed by atoms with Gasteiger partial charge in [0, 0.05) is 12.5 Å². The molecule has 90 valence electrons. The van der Waals surface area contributed by atoms with Crippen LogP contribution in [0.1, 0.15) is 19.7 Å². The van der Waals surface area contributed by atoms with Crippen LogP contribution in [0.2, 0.25) is 0 Å². The maximum atomic E-state index is 5.60. The summed E-state index contributed by atoms with van der Waals surface area (Å²) in [5.41, 5.74) is 0.905. The van der Waals surface area contributed by atoms with Gasteiger partial charge in [0.1, 0.15) is 5.75 Å². The van der Waals surface area contributed by atoms with Gasteiger partial charge in [0.05, 0.1) is 6.61 Å². The lowest BCUT2D eigenvalue weighted by molar-refractivity contribution is 0.271. The number of ether oxygens (including phenoxy) is 1. The number of hydrogen-bond donors (Lipinski definition) is 0. The molecule has 2 aromatic rings. The first-order chi connectivity index (χ1) is 8.15. The predicted molar refractivity (Wildman–Crippen MR) is 64.8 cm³/mol. The Bertz CT molecular complexity index is 474. The zero-order chi connectivity index (χ0) is 12.3. The van der Waals surface area contributed by atoms with Crippen molar-refractivity contribution in [2.24, 2.45) is 5.92 Å². The van der Waals surface area contributed by atoms with Gasteiger partial charge in [-0.1, -0.05) is 13.8 Å². The molecule has 0 aliphatic carbocycles. The first-order valence-corrected chi connectivity index (χ1v) is 5.68. The highest BCUT2D eigenvalue weighted by molar-refractivity contribution is 5.53. The zero-order valence-electron chi connectivity index (χ0n) is 10.3. The average Bonchev–Trinajstić information content (AvgIpc) is 2.74. The van der Waals surface area contributed by atoms with Gasteiger partial charge in [-0.25, -0.2) is 0 Å². The number of benzene rings is 1. The Kier molecular flexibility index (Phi) is 3.42. The van der Waals surface area contributed by atoms with Gasteiger partial charge in [0.2, 0.25) is 11.8 Å². The molecule has 0 saturated heterocycles. The molecule has 1 aromatic carbocycles. The Morgan fingerprint density at radius 3 is 2.41 bits per heavy atom. The fraction of sp³-hybridized carbons (Fsp3) is 0.385. The quantitative estimate of drug-likeness (QED) is 0.812. The van der Waals surface area contributed by atoms with E-state index in [1.54, 1.807) is 6.92 Å². The van der Waals surface area contributed by atoms with Gasteiger partial charge in [-0.15, -0.1) is 10.2 Å². The highest BCUT2D eigenvalue weighted by atomic mass is 16.5. The summed E-state index contributed by atoms with van der Waals surface area (Å²) < 4.78 is 10.9. The Labute approximate surface area is 101 Å². The second kappa shape index (κ2) is 4.99. The van der Waals surface area contributed by atoms with Crippen molar-refractivity contribution in [3.8, 4) is 17.2 Å². The van der Waals surface area contributed by atoms with E-state index in [2.05, 4.69) is 24.0 Å². The van der Waals surface area contributed by atoms with Crippen LogP contribution >= 0.6 is 0 Å². The first-order valence-electron chi connectivity index (χ1n) is 5.68. The summed E-state index contributed by atoms with van der Waals surface area (Å²) in [6.45, 7) is 6.74. The highest BCUT2D eigenvalue weighted by Gasteiger charge is 2.05. The molecular weight excluding hydrogens is 216 g/mol. The molecule has 2 rings (SSSR count). The number of rotatable bonds is 4. The molecule has 0 saturated carbocycles. The lowest BCUT2D eigenvalue weighted by Gasteiger charge is -2.08. The van der Waals surface area contributed by atoms with E-state index in [-0.39, 0.29) is 0 Å². The fourth-order valence-corrected chi connectivity index (χ4v) is 1.37. The smallest absolute Gasteiger partial charge is 0.247 e. The van der Waals surface area contributed by atoms with Crippen molar-refractivity contribution in [3.63, 3.8) is 0 Å². The second-order valence-electron chi connectivity index (χ2n) is 4.36. The minimum absolute atomic E-state index is 0.522. The van der Waals surface area contributed by atoms with Crippen molar-refractivity contribution in [3.05, 3.63) is 30.2 Å². The molecule has 0 radical (unpaired) electrons. The molecule has 0 aliphatic heterocycles. The van der Waals surface area contributed by atoms with Crippen LogP contribution < -0.4 is 4.74 Å². The van der Waals surface area contributed by atoms with Crippen LogP contribution in [0.25, 0.3) is 11.5 Å². The van der Waals surface area contributed by atoms with Gasteiger partial charge in [0.25, 0.3) is 0 Å². The van der Waals surface area contributed by atoms with Crippen molar-refractivity contribution < 1.29 is 9.15 Å². The summed E-state index contributed by atoms with van der Waals surface area (Å²) in [4.78, 5) is 0. The van der Waals surface area contributed by atoms with Gasteiger partial charge in [-0.3, -0.25) is 0 Å². The molecule has 1 aromatic heterocycles. The Morgan fingerprint density at radius 1 is 1.18 bits per heavy atom. The van der Waals surface area contributed by atoms with Crippen LogP contribution in [-0.2, 0) is 0 Å². The summed E-state index contributed by atoms with van der Waals surface area (Å²) in [6, 6.07) is 7.67. The Hall–Kier alpha value is -1.84. The number of hydrogen-bond acceptors (Lipinski definition) is 4. The fourth-order valence-electron chi connectivity index (χ4n) is 1.37. The summed E-state index contributed by atoms with van der Waals surface area (Å²) in [7, 11) is 0. The number of aryl methyl sites for hydroxylation is 1. The summed E-state index contributed by atoms with van der Waals surface area (Å²) in [6.07, 6.45) is 0. The molecular formula is C13H16N2O2. The molecule has 0 aliphatic rings. The minimum atomic E-state index is 0.522. The minimum Gasteiger partial charge on any atom is -0.493 e. The standard InChI is InChI=1S/C13H16N2O2/c1-9(2)8-16-12-6-4-11(5-7-12)13-15-14-10(3)17-13/h4-7,9H,8H2,1-3H3. The summed E-state index contributed by atoms with van der Waals surface area (Å²) in [5.74, 6) is 2.49. The zero-order valence-corrected chi connectivity index (χ0v) is 10.3. The van der Waals surface area contributed by atoms with Crippen LogP contribution in [0.4, 0.5) is 0 Å². The van der Waals surface area contributed by atoms with Gasteiger partial charge in [-0.2, -0.15) is 0 Å². The third-order valence-corrected chi connectivity index (χ3v) is 2.21. The lowest BCUT2D eigenvalue weighted by atomic mass is 10.2. The molecule has 0 spiro atoms. The van der Waals surface area contributed by atoms with Gasteiger partial charge in [-0.05, 0) is 30.2 Å². The molecule has 0 fully saturated rings. The second-order valence-corrected chi connectivity index (χ2v) is 4.36. The van der Waals surface area contributed by atoms with Crippen LogP contribution in [0.3, 0.4) is 0 Å². The largest absolute Gasteiger partial charge is 0.493 e. The predicted octanol–water partition coefficient (Wildman–Crippen LogP) is 3.08. The normalized spacial score (nSPS) is 10.8. The van der Waals surface area contributed by atoms with E-state index in [0.29, 0.717) is 17.7 Å². The van der Waals surface area contributed by atoms with E-state index in [9.17, 15) is 0 Å². The van der Waals surface area contributed by atoms with Gasteiger partial charge >= 0.3 is 0 Å². The molecule has 4 heteroatoms. The maximum Gasteiger partial charge on any atom is 0.247 e. The third-order valence-electron chi connectivity index (χ3n) is 2.21. The molecule has 0 atom stereocenters. The number of nitrogens with zero attached hydrogens (tertiary/aromatic N) is 2. The average molecular weight is 232 g/mol. The van der Waals surface area contributed by atoms with E-state index in [4.69, 9.17) is 9.15 Å². The summed E-state index contributed by atoms with van der Waals surface area (Å²) >= 11 is 0. The first kappa shape index (κ1) is 11.6. The van der Waals surface area contributed by atoms with Crippen molar-refractivity contribution in [2.75, 3.05) is 6.61 Å². The monoisotopic (exact) mass is 232 g/mol. The molecule has 0 unspecified atom stereocenters. The molecule has 17 heavy (non-hydrogen) atoms. The van der Waals surface area contributed by atoms with Crippen LogP contribution in [0.5, 0.6) is 5.75 Å². The molecule has 4 nitrogen and oxygen atoms in total. The third kappa shape index (κ3) is 3.06. The van der Waals surface area contributed by atoms with Crippen molar-refractivity contribution >= 4 is 0 Å². The van der Waals surface area contributed by atoms with Crippen molar-refractivity contribution in [1.82, 2.24) is 10.2 Å². The molecule has 1 heterocycles. The summed E-state index contributed by atoms with van der Waals surface area (Å²) in [5, 5.41) is 7.76. The van der Waals surface area contributed by atoms with Crippen molar-refractivity contribution in [2.45, 2.75) is 20.8 Å². The van der Waals surface area contributed by atoms with E-state index in [0.717, 1.165) is 17.9 Å². The van der Waals surface area contributed by atoms with Crippen LogP contribution in [-0.4, -0.2) is 16.8 Å². The van der Waals surface area contributed by atoms with E-state index >= 15 is 0 Å². The SMILES string of the molecule is Cc1nnc(-c2ccc(OCC(C)C)cc2)o1. The Morgan fingerprint density at radius 2 is 1.88 bits per heavy atom. The van der Waals surface area contributed by atoms with Crippen LogP contribution in [0, 0.1) is 12.8 Å². The molecule has 0 amide bonds. The highest BCUT2D eigenvalue weighted by Crippen LogP contribution is 2.21. The number of aromatic nitrogens is 2. The van der Waals surface area contributed by atoms with Crippen LogP contribution in [0.15, 0.2) is 28.7 Å². The van der Waals surface area contributed by atoms with E-state index in [1.807, 2.05) is 24.3 Å². The Balaban J connectivity index is 2.07. The van der Waals surface area contributed by atoms with Crippen molar-refractivity contribution in [1.29, 1.82) is 0 Å². The van der Waals surface area contributed by atoms with Gasteiger partial charge < -0.3 is 9.15 Å². The molecule has 0 bridgehead atoms. The van der Waals surface area contributed by atoms with Gasteiger partial charge in [0.15, 0.2) is 0 Å². The molecule has 0 N–H and O–H groups in total. The lowest BCUT2D eigenvalue weighted by Crippen LogP contribution is -2.04. The van der Waals surface area contributed by atoms with E-state index in [1.165, 1.54) is 0 Å².